The molecule has 1 aromatic heterocycles. The fourth-order valence-corrected chi connectivity index (χ4v) is 1.86. The summed E-state index contributed by atoms with van der Waals surface area (Å²) in [4.78, 5) is 4.03. The van der Waals surface area contributed by atoms with E-state index in [4.69, 9.17) is 16.3 Å². The summed E-state index contributed by atoms with van der Waals surface area (Å²) in [6.07, 6.45) is 3.43. The van der Waals surface area contributed by atoms with Crippen LogP contribution in [0.15, 0.2) is 42.7 Å². The molecule has 3 heteroatoms. The third-order valence-electron chi connectivity index (χ3n) is 2.78. The van der Waals surface area contributed by atoms with Crippen LogP contribution in [0.2, 0.25) is 0 Å². The van der Waals surface area contributed by atoms with Crippen LogP contribution in [0.5, 0.6) is 11.5 Å². The Morgan fingerprint density at radius 3 is 2.50 bits per heavy atom. The molecular weight excluding hydrogens is 246 g/mol. The molecule has 0 N–H and O–H groups in total. The maximum Gasteiger partial charge on any atom is 0.134 e. The van der Waals surface area contributed by atoms with E-state index in [0.717, 1.165) is 17.1 Å². The molecule has 1 aromatic carbocycles. The fraction of sp³-hybridized carbons (Fsp3) is 0.267. The Morgan fingerprint density at radius 1 is 1.17 bits per heavy atom. The van der Waals surface area contributed by atoms with Crippen molar-refractivity contribution in [3.05, 3.63) is 53.9 Å². The molecule has 0 saturated heterocycles. The maximum atomic E-state index is 5.85. The molecule has 18 heavy (non-hydrogen) atoms. The van der Waals surface area contributed by atoms with E-state index in [-0.39, 0.29) is 0 Å². The molecule has 0 aliphatic carbocycles. The third kappa shape index (κ3) is 3.02. The number of aromatic nitrogens is 1. The Bertz CT molecular complexity index is 508. The standard InChI is InChI=1S/C15H16ClNO/c1-11(2)12-3-5-14(6-4-12)18-15-7-8-17-10-13(15)9-16/h3-8,10-11H,9H2,1-2H3. The molecule has 0 fully saturated rings. The van der Waals surface area contributed by atoms with Gasteiger partial charge in [0.15, 0.2) is 0 Å². The molecule has 0 saturated carbocycles. The van der Waals surface area contributed by atoms with Crippen molar-refractivity contribution < 1.29 is 4.74 Å². The Hall–Kier alpha value is -1.54. The summed E-state index contributed by atoms with van der Waals surface area (Å²) in [7, 11) is 0. The van der Waals surface area contributed by atoms with Gasteiger partial charge in [0, 0.05) is 18.0 Å². The lowest BCUT2D eigenvalue weighted by molar-refractivity contribution is 0.477. The predicted octanol–water partition coefficient (Wildman–Crippen LogP) is 4.74. The van der Waals surface area contributed by atoms with Crippen LogP contribution < -0.4 is 4.74 Å². The molecule has 2 nitrogen and oxygen atoms in total. The van der Waals surface area contributed by atoms with Gasteiger partial charge in [0.25, 0.3) is 0 Å². The summed E-state index contributed by atoms with van der Waals surface area (Å²) in [6, 6.07) is 9.96. The number of alkyl halides is 1. The van der Waals surface area contributed by atoms with Crippen molar-refractivity contribution in [1.29, 1.82) is 0 Å². The molecule has 0 radical (unpaired) electrons. The van der Waals surface area contributed by atoms with E-state index < -0.39 is 0 Å². The van der Waals surface area contributed by atoms with Gasteiger partial charge in [0.05, 0.1) is 5.88 Å². The molecule has 0 aliphatic rings. The van der Waals surface area contributed by atoms with E-state index in [1.807, 2.05) is 18.2 Å². The summed E-state index contributed by atoms with van der Waals surface area (Å²) in [5.41, 5.74) is 2.20. The van der Waals surface area contributed by atoms with Gasteiger partial charge in [-0.15, -0.1) is 11.6 Å². The predicted molar refractivity (Wildman–Crippen MR) is 74.4 cm³/mol. The van der Waals surface area contributed by atoms with Crippen molar-refractivity contribution in [2.45, 2.75) is 25.6 Å². The van der Waals surface area contributed by atoms with E-state index in [2.05, 4.69) is 31.0 Å². The average molecular weight is 262 g/mol. The second-order valence-corrected chi connectivity index (χ2v) is 4.71. The van der Waals surface area contributed by atoms with Crippen LogP contribution in [-0.2, 0) is 5.88 Å². The van der Waals surface area contributed by atoms with Gasteiger partial charge in [0.1, 0.15) is 11.5 Å². The average Bonchev–Trinajstić information content (AvgIpc) is 2.40. The summed E-state index contributed by atoms with van der Waals surface area (Å²) in [5, 5.41) is 0. The van der Waals surface area contributed by atoms with Crippen LogP contribution in [0.3, 0.4) is 0 Å². The van der Waals surface area contributed by atoms with Crippen molar-refractivity contribution in [3.8, 4) is 11.5 Å². The molecular formula is C15H16ClNO. The minimum absolute atomic E-state index is 0.396. The molecule has 1 heterocycles. The second kappa shape index (κ2) is 5.87. The molecule has 0 spiro atoms. The van der Waals surface area contributed by atoms with Crippen molar-refractivity contribution in [2.24, 2.45) is 0 Å². The molecule has 0 amide bonds. The largest absolute Gasteiger partial charge is 0.457 e. The Morgan fingerprint density at radius 2 is 1.89 bits per heavy atom. The minimum atomic E-state index is 0.396. The lowest BCUT2D eigenvalue weighted by atomic mass is 10.0. The molecule has 0 bridgehead atoms. The lowest BCUT2D eigenvalue weighted by Crippen LogP contribution is -1.91. The zero-order valence-electron chi connectivity index (χ0n) is 10.6. The van der Waals surface area contributed by atoms with E-state index in [1.165, 1.54) is 5.56 Å². The molecule has 2 aromatic rings. The zero-order valence-corrected chi connectivity index (χ0v) is 11.3. The fourth-order valence-electron chi connectivity index (χ4n) is 1.66. The SMILES string of the molecule is CC(C)c1ccc(Oc2ccncc2CCl)cc1. The minimum Gasteiger partial charge on any atom is -0.457 e. The molecule has 0 aliphatic heterocycles. The van der Waals surface area contributed by atoms with Gasteiger partial charge in [-0.25, -0.2) is 0 Å². The number of pyridine rings is 1. The molecule has 94 valence electrons. The maximum absolute atomic E-state index is 5.85. The highest BCUT2D eigenvalue weighted by atomic mass is 35.5. The smallest absolute Gasteiger partial charge is 0.134 e. The van der Waals surface area contributed by atoms with Gasteiger partial charge in [-0.3, -0.25) is 4.98 Å². The Kier molecular flexibility index (Phi) is 4.21. The number of ether oxygens (including phenoxy) is 1. The number of benzene rings is 1. The van der Waals surface area contributed by atoms with E-state index >= 15 is 0 Å². The van der Waals surface area contributed by atoms with Gasteiger partial charge >= 0.3 is 0 Å². The van der Waals surface area contributed by atoms with Crippen molar-refractivity contribution in [2.75, 3.05) is 0 Å². The highest BCUT2D eigenvalue weighted by Crippen LogP contribution is 2.26. The van der Waals surface area contributed by atoms with Crippen LogP contribution in [0.4, 0.5) is 0 Å². The zero-order chi connectivity index (χ0) is 13.0. The van der Waals surface area contributed by atoms with E-state index in [1.54, 1.807) is 12.4 Å². The molecule has 0 atom stereocenters. The van der Waals surface area contributed by atoms with Crippen LogP contribution in [-0.4, -0.2) is 4.98 Å². The first kappa shape index (κ1) is 12.9. The quantitative estimate of drug-likeness (QED) is 0.742. The normalized spacial score (nSPS) is 10.7. The summed E-state index contributed by atoms with van der Waals surface area (Å²) >= 11 is 5.85. The van der Waals surface area contributed by atoms with Gasteiger partial charge in [-0.1, -0.05) is 26.0 Å². The van der Waals surface area contributed by atoms with Gasteiger partial charge in [-0.05, 0) is 29.7 Å². The van der Waals surface area contributed by atoms with Crippen molar-refractivity contribution >= 4 is 11.6 Å². The van der Waals surface area contributed by atoms with Crippen LogP contribution in [0.1, 0.15) is 30.9 Å². The molecule has 2 rings (SSSR count). The second-order valence-electron chi connectivity index (χ2n) is 4.44. The Labute approximate surface area is 113 Å². The topological polar surface area (TPSA) is 22.1 Å². The highest BCUT2D eigenvalue weighted by Gasteiger charge is 2.04. The van der Waals surface area contributed by atoms with Gasteiger partial charge in [0.2, 0.25) is 0 Å². The monoisotopic (exact) mass is 261 g/mol. The first-order valence-electron chi connectivity index (χ1n) is 5.97. The van der Waals surface area contributed by atoms with Crippen LogP contribution >= 0.6 is 11.6 Å². The number of hydrogen-bond acceptors (Lipinski definition) is 2. The van der Waals surface area contributed by atoms with Crippen LogP contribution in [0.25, 0.3) is 0 Å². The first-order valence-corrected chi connectivity index (χ1v) is 6.51. The van der Waals surface area contributed by atoms with Crippen LogP contribution in [0, 0.1) is 0 Å². The number of rotatable bonds is 4. The molecule has 0 unspecified atom stereocenters. The van der Waals surface area contributed by atoms with Crippen molar-refractivity contribution in [1.82, 2.24) is 4.98 Å². The third-order valence-corrected chi connectivity index (χ3v) is 3.07. The number of hydrogen-bond donors (Lipinski definition) is 0. The number of nitrogens with zero attached hydrogens (tertiary/aromatic N) is 1. The summed E-state index contributed by atoms with van der Waals surface area (Å²) < 4.78 is 5.81. The summed E-state index contributed by atoms with van der Waals surface area (Å²) in [5.74, 6) is 2.50. The van der Waals surface area contributed by atoms with E-state index in [9.17, 15) is 0 Å². The van der Waals surface area contributed by atoms with Crippen molar-refractivity contribution in [3.63, 3.8) is 0 Å². The highest BCUT2D eigenvalue weighted by molar-refractivity contribution is 6.17. The Balaban J connectivity index is 2.18. The lowest BCUT2D eigenvalue weighted by Gasteiger charge is -2.10. The van der Waals surface area contributed by atoms with Gasteiger partial charge < -0.3 is 4.74 Å². The summed E-state index contributed by atoms with van der Waals surface area (Å²) in [6.45, 7) is 4.34. The van der Waals surface area contributed by atoms with Gasteiger partial charge in [-0.2, -0.15) is 0 Å². The first-order chi connectivity index (χ1) is 8.70. The number of halogens is 1. The van der Waals surface area contributed by atoms with E-state index in [0.29, 0.717) is 11.8 Å².